The molecule has 0 radical (unpaired) electrons. The molecule has 0 saturated heterocycles. The van der Waals surface area contributed by atoms with Crippen molar-refractivity contribution >= 4 is 7.12 Å². The molecule has 3 heteroatoms. The highest BCUT2D eigenvalue weighted by Gasteiger charge is 2.12. The van der Waals surface area contributed by atoms with Gasteiger partial charge < -0.3 is 10.0 Å². The highest BCUT2D eigenvalue weighted by molar-refractivity contribution is 6.51. The van der Waals surface area contributed by atoms with Crippen molar-refractivity contribution in [3.05, 3.63) is 35.9 Å². The third-order valence-corrected chi connectivity index (χ3v) is 1.41. The SMILES string of the molecule is C=C1C=CC(B(O)O)=CC1. The Balaban J connectivity index is 2.67. The molecule has 2 N–H and O–H groups in total. The summed E-state index contributed by atoms with van der Waals surface area (Å²) in [6, 6.07) is 0. The topological polar surface area (TPSA) is 40.5 Å². The molecule has 0 atom stereocenters. The Kier molecular flexibility index (Phi) is 2.09. The molecule has 0 amide bonds. The van der Waals surface area contributed by atoms with Gasteiger partial charge in [0.2, 0.25) is 0 Å². The maximum atomic E-state index is 8.67. The van der Waals surface area contributed by atoms with Gasteiger partial charge in [0.1, 0.15) is 0 Å². The zero-order valence-electron chi connectivity index (χ0n) is 5.62. The van der Waals surface area contributed by atoms with Crippen molar-refractivity contribution < 1.29 is 10.0 Å². The number of hydrogen-bond donors (Lipinski definition) is 2. The van der Waals surface area contributed by atoms with E-state index in [4.69, 9.17) is 10.0 Å². The summed E-state index contributed by atoms with van der Waals surface area (Å²) in [5.74, 6) is 0. The van der Waals surface area contributed by atoms with Crippen LogP contribution in [-0.2, 0) is 0 Å². The number of rotatable bonds is 1. The van der Waals surface area contributed by atoms with Crippen molar-refractivity contribution in [1.82, 2.24) is 0 Å². The molecule has 0 heterocycles. The van der Waals surface area contributed by atoms with E-state index >= 15 is 0 Å². The highest BCUT2D eigenvalue weighted by Crippen LogP contribution is 2.13. The minimum atomic E-state index is -1.34. The first-order valence-electron chi connectivity index (χ1n) is 3.12. The van der Waals surface area contributed by atoms with Crippen LogP contribution in [0.3, 0.4) is 0 Å². The second-order valence-corrected chi connectivity index (χ2v) is 2.27. The van der Waals surface area contributed by atoms with Crippen molar-refractivity contribution in [2.75, 3.05) is 0 Å². The van der Waals surface area contributed by atoms with Gasteiger partial charge >= 0.3 is 7.12 Å². The normalized spacial score (nSPS) is 17.0. The van der Waals surface area contributed by atoms with E-state index in [0.717, 1.165) is 5.57 Å². The van der Waals surface area contributed by atoms with E-state index in [0.29, 0.717) is 11.9 Å². The lowest BCUT2D eigenvalue weighted by molar-refractivity contribution is 0.420. The molecule has 0 aromatic carbocycles. The number of allylic oxidation sites excluding steroid dienone is 5. The van der Waals surface area contributed by atoms with Crippen LogP contribution in [-0.4, -0.2) is 17.2 Å². The first-order chi connectivity index (χ1) is 4.70. The average molecular weight is 136 g/mol. The molecule has 0 saturated carbocycles. The summed E-state index contributed by atoms with van der Waals surface area (Å²) in [6.45, 7) is 3.71. The Morgan fingerprint density at radius 1 is 1.40 bits per heavy atom. The minimum absolute atomic E-state index is 0.549. The van der Waals surface area contributed by atoms with E-state index < -0.39 is 7.12 Å². The standard InChI is InChI=1S/C7H9BO2/c1-6-2-4-7(5-3-6)8(9)10/h2,4-5,9-10H,1,3H2. The van der Waals surface area contributed by atoms with Gasteiger partial charge in [-0.15, -0.1) is 0 Å². The molecule has 0 bridgehead atoms. The van der Waals surface area contributed by atoms with Gasteiger partial charge in [-0.2, -0.15) is 0 Å². The zero-order valence-corrected chi connectivity index (χ0v) is 5.62. The summed E-state index contributed by atoms with van der Waals surface area (Å²) in [5.41, 5.74) is 1.54. The number of hydrogen-bond acceptors (Lipinski definition) is 2. The molecule has 0 unspecified atom stereocenters. The molecule has 10 heavy (non-hydrogen) atoms. The smallest absolute Gasteiger partial charge is 0.423 e. The van der Waals surface area contributed by atoms with E-state index in [1.165, 1.54) is 0 Å². The largest absolute Gasteiger partial charge is 0.488 e. The van der Waals surface area contributed by atoms with Crippen LogP contribution < -0.4 is 0 Å². The molecule has 1 rings (SSSR count). The van der Waals surface area contributed by atoms with Crippen molar-refractivity contribution in [2.24, 2.45) is 0 Å². The van der Waals surface area contributed by atoms with Crippen LogP contribution in [0.2, 0.25) is 0 Å². The maximum Gasteiger partial charge on any atom is 0.488 e. The zero-order chi connectivity index (χ0) is 7.56. The molecule has 0 spiro atoms. The van der Waals surface area contributed by atoms with Crippen LogP contribution in [0.15, 0.2) is 35.9 Å². The lowest BCUT2D eigenvalue weighted by atomic mass is 9.76. The summed E-state index contributed by atoms with van der Waals surface area (Å²) < 4.78 is 0. The van der Waals surface area contributed by atoms with E-state index in [1.54, 1.807) is 18.2 Å². The van der Waals surface area contributed by atoms with E-state index in [2.05, 4.69) is 6.58 Å². The monoisotopic (exact) mass is 136 g/mol. The van der Waals surface area contributed by atoms with E-state index in [-0.39, 0.29) is 0 Å². The van der Waals surface area contributed by atoms with Crippen LogP contribution in [0, 0.1) is 0 Å². The molecule has 0 aliphatic heterocycles. The van der Waals surface area contributed by atoms with E-state index in [9.17, 15) is 0 Å². The van der Waals surface area contributed by atoms with Crippen LogP contribution in [0.5, 0.6) is 0 Å². The van der Waals surface area contributed by atoms with Gasteiger partial charge in [-0.25, -0.2) is 0 Å². The van der Waals surface area contributed by atoms with Crippen LogP contribution in [0.25, 0.3) is 0 Å². The van der Waals surface area contributed by atoms with Gasteiger partial charge in [-0.3, -0.25) is 0 Å². The molecule has 52 valence electrons. The predicted molar refractivity (Wildman–Crippen MR) is 41.2 cm³/mol. The molecular weight excluding hydrogens is 127 g/mol. The molecular formula is C7H9BO2. The molecule has 1 aliphatic carbocycles. The Morgan fingerprint density at radius 2 is 2.10 bits per heavy atom. The van der Waals surface area contributed by atoms with Gasteiger partial charge in [0.15, 0.2) is 0 Å². The van der Waals surface area contributed by atoms with Crippen molar-refractivity contribution in [3.8, 4) is 0 Å². The average Bonchev–Trinajstić information content (AvgIpc) is 1.88. The fourth-order valence-corrected chi connectivity index (χ4v) is 0.791. The molecule has 0 aromatic rings. The second kappa shape index (κ2) is 2.86. The Labute approximate surface area is 60.3 Å². The first kappa shape index (κ1) is 7.31. The van der Waals surface area contributed by atoms with Gasteiger partial charge in [0.05, 0.1) is 0 Å². The molecule has 1 aliphatic rings. The Hall–Kier alpha value is -0.795. The Morgan fingerprint density at radius 3 is 2.50 bits per heavy atom. The summed E-state index contributed by atoms with van der Waals surface area (Å²) in [5, 5.41) is 17.3. The van der Waals surface area contributed by atoms with E-state index in [1.807, 2.05) is 0 Å². The van der Waals surface area contributed by atoms with Crippen LogP contribution in [0.4, 0.5) is 0 Å². The maximum absolute atomic E-state index is 8.67. The summed E-state index contributed by atoms with van der Waals surface area (Å²) in [4.78, 5) is 0. The predicted octanol–water partition coefficient (Wildman–Crippen LogP) is 0.441. The summed E-state index contributed by atoms with van der Waals surface area (Å²) in [7, 11) is -1.34. The van der Waals surface area contributed by atoms with Crippen molar-refractivity contribution in [1.29, 1.82) is 0 Å². The van der Waals surface area contributed by atoms with Crippen LogP contribution in [0.1, 0.15) is 6.42 Å². The summed E-state index contributed by atoms with van der Waals surface area (Å²) in [6.07, 6.45) is 5.92. The quantitative estimate of drug-likeness (QED) is 0.513. The third kappa shape index (κ3) is 1.59. The van der Waals surface area contributed by atoms with Gasteiger partial charge in [0, 0.05) is 0 Å². The van der Waals surface area contributed by atoms with Gasteiger partial charge in [-0.05, 0) is 11.9 Å². The molecule has 0 fully saturated rings. The first-order valence-corrected chi connectivity index (χ1v) is 3.12. The Bertz CT molecular complexity index is 204. The molecule has 2 nitrogen and oxygen atoms in total. The van der Waals surface area contributed by atoms with Gasteiger partial charge in [0.25, 0.3) is 0 Å². The second-order valence-electron chi connectivity index (χ2n) is 2.27. The lowest BCUT2D eigenvalue weighted by Crippen LogP contribution is -2.14. The molecule has 0 aromatic heterocycles. The fraction of sp³-hybridized carbons (Fsp3) is 0.143. The highest BCUT2D eigenvalue weighted by atomic mass is 16.4. The lowest BCUT2D eigenvalue weighted by Gasteiger charge is -2.05. The third-order valence-electron chi connectivity index (χ3n) is 1.41. The van der Waals surface area contributed by atoms with Crippen LogP contribution >= 0.6 is 0 Å². The minimum Gasteiger partial charge on any atom is -0.423 e. The summed E-state index contributed by atoms with van der Waals surface area (Å²) >= 11 is 0. The van der Waals surface area contributed by atoms with Crippen molar-refractivity contribution in [2.45, 2.75) is 6.42 Å². The van der Waals surface area contributed by atoms with Gasteiger partial charge in [-0.1, -0.05) is 30.4 Å². The fourth-order valence-electron chi connectivity index (χ4n) is 0.791. The van der Waals surface area contributed by atoms with Crippen molar-refractivity contribution in [3.63, 3.8) is 0 Å².